The van der Waals surface area contributed by atoms with Crippen molar-refractivity contribution in [3.63, 3.8) is 0 Å². The van der Waals surface area contributed by atoms with Gasteiger partial charge in [-0.15, -0.1) is 0 Å². The molecule has 2 fully saturated rings. The summed E-state index contributed by atoms with van der Waals surface area (Å²) in [5.41, 5.74) is 0.307. The molecule has 0 bridgehead atoms. The highest BCUT2D eigenvalue weighted by Gasteiger charge is 2.42. The number of nitrogens with zero attached hydrogens (tertiary/aromatic N) is 1. The van der Waals surface area contributed by atoms with E-state index in [2.05, 4.69) is 10.6 Å². The maximum Gasteiger partial charge on any atom is 0.313 e. The van der Waals surface area contributed by atoms with Crippen LogP contribution in [-0.2, 0) is 14.4 Å². The van der Waals surface area contributed by atoms with Gasteiger partial charge in [0, 0.05) is 17.8 Å². The first-order valence-electron chi connectivity index (χ1n) is 11.3. The summed E-state index contributed by atoms with van der Waals surface area (Å²) >= 11 is 0. The highest BCUT2D eigenvalue weighted by Crippen LogP contribution is 2.33. The Balaban J connectivity index is 1.60. The van der Waals surface area contributed by atoms with E-state index in [1.807, 2.05) is 0 Å². The second-order valence-corrected chi connectivity index (χ2v) is 8.52. The Morgan fingerprint density at radius 1 is 0.969 bits per heavy atom. The molecule has 170 valence electrons. The Morgan fingerprint density at radius 3 is 2.25 bits per heavy atom. The fourth-order valence-electron chi connectivity index (χ4n) is 4.70. The number of rotatable bonds is 6. The molecule has 2 saturated carbocycles. The molecular formula is C24H28FN3O4. The summed E-state index contributed by atoms with van der Waals surface area (Å²) in [4.78, 5) is 41.0. The molecule has 32 heavy (non-hydrogen) atoms. The van der Waals surface area contributed by atoms with Gasteiger partial charge in [0.25, 0.3) is 5.91 Å². The summed E-state index contributed by atoms with van der Waals surface area (Å²) < 4.78 is 18.7. The van der Waals surface area contributed by atoms with Gasteiger partial charge in [-0.3, -0.25) is 14.4 Å². The lowest BCUT2D eigenvalue weighted by Gasteiger charge is -2.34. The summed E-state index contributed by atoms with van der Waals surface area (Å²) in [7, 11) is 0. The van der Waals surface area contributed by atoms with Gasteiger partial charge in [0.2, 0.25) is 0 Å². The molecule has 2 aliphatic rings. The van der Waals surface area contributed by atoms with Crippen molar-refractivity contribution >= 4 is 23.4 Å². The van der Waals surface area contributed by atoms with Crippen LogP contribution in [0.1, 0.15) is 63.2 Å². The maximum absolute atomic E-state index is 13.4. The number of carbonyl (C=O) groups excluding carboxylic acids is 3. The van der Waals surface area contributed by atoms with Crippen LogP contribution in [0.4, 0.5) is 10.1 Å². The van der Waals surface area contributed by atoms with Gasteiger partial charge in [0.15, 0.2) is 6.04 Å². The first-order chi connectivity index (χ1) is 15.5. The van der Waals surface area contributed by atoms with Crippen LogP contribution in [-0.4, -0.2) is 34.7 Å². The molecule has 7 nitrogen and oxygen atoms in total. The summed E-state index contributed by atoms with van der Waals surface area (Å²) in [5.74, 6) is -2.11. The molecule has 1 atom stereocenters. The van der Waals surface area contributed by atoms with Crippen molar-refractivity contribution in [3.8, 4) is 0 Å². The van der Waals surface area contributed by atoms with E-state index in [0.29, 0.717) is 24.3 Å². The van der Waals surface area contributed by atoms with Crippen molar-refractivity contribution < 1.29 is 23.2 Å². The van der Waals surface area contributed by atoms with Gasteiger partial charge in [0.05, 0.1) is 6.26 Å². The lowest BCUT2D eigenvalue weighted by atomic mass is 10.1. The highest BCUT2D eigenvalue weighted by atomic mass is 19.1. The summed E-state index contributed by atoms with van der Waals surface area (Å²) in [6, 6.07) is 7.30. The van der Waals surface area contributed by atoms with Crippen molar-refractivity contribution in [2.75, 3.05) is 5.32 Å². The van der Waals surface area contributed by atoms with E-state index in [-0.39, 0.29) is 18.0 Å². The molecule has 0 spiro atoms. The minimum atomic E-state index is -1.03. The second-order valence-electron chi connectivity index (χ2n) is 8.52. The van der Waals surface area contributed by atoms with Gasteiger partial charge in [-0.2, -0.15) is 0 Å². The van der Waals surface area contributed by atoms with Crippen LogP contribution < -0.4 is 10.6 Å². The molecule has 0 radical (unpaired) electrons. The molecule has 2 N–H and O–H groups in total. The Morgan fingerprint density at radius 2 is 1.62 bits per heavy atom. The monoisotopic (exact) mass is 441 g/mol. The van der Waals surface area contributed by atoms with Crippen LogP contribution in [0.15, 0.2) is 47.1 Å². The third kappa shape index (κ3) is 5.00. The summed E-state index contributed by atoms with van der Waals surface area (Å²) in [6.07, 6.45) is 8.64. The van der Waals surface area contributed by atoms with Gasteiger partial charge >= 0.3 is 11.8 Å². The van der Waals surface area contributed by atoms with Gasteiger partial charge in [-0.1, -0.05) is 25.7 Å². The van der Waals surface area contributed by atoms with Crippen LogP contribution in [0.5, 0.6) is 0 Å². The van der Waals surface area contributed by atoms with Crippen molar-refractivity contribution in [1.82, 2.24) is 10.2 Å². The molecule has 8 heteroatoms. The van der Waals surface area contributed by atoms with Crippen molar-refractivity contribution in [2.45, 2.75) is 69.5 Å². The molecule has 2 aliphatic carbocycles. The number of amides is 3. The largest absolute Gasteiger partial charge is 0.467 e. The van der Waals surface area contributed by atoms with Gasteiger partial charge in [-0.25, -0.2) is 4.39 Å². The lowest BCUT2D eigenvalue weighted by molar-refractivity contribution is -0.150. The Labute approximate surface area is 186 Å². The van der Waals surface area contributed by atoms with Crippen molar-refractivity contribution in [2.24, 2.45) is 0 Å². The topological polar surface area (TPSA) is 91.7 Å². The quantitative estimate of drug-likeness (QED) is 0.665. The molecule has 1 heterocycles. The normalized spacial score (nSPS) is 17.8. The van der Waals surface area contributed by atoms with Crippen LogP contribution in [0, 0.1) is 5.82 Å². The minimum absolute atomic E-state index is 0.0635. The number of hydrogen-bond donors (Lipinski definition) is 2. The SMILES string of the molecule is O=C(Nc1ccc(F)cc1)C(=O)N(C1CCCC1)[C@H](C(=O)NC1CCCC1)c1ccco1. The first-order valence-corrected chi connectivity index (χ1v) is 11.3. The Hall–Kier alpha value is -3.16. The van der Waals surface area contributed by atoms with E-state index in [0.717, 1.165) is 38.5 Å². The zero-order valence-electron chi connectivity index (χ0n) is 17.9. The lowest BCUT2D eigenvalue weighted by Crippen LogP contribution is -2.52. The van der Waals surface area contributed by atoms with E-state index in [4.69, 9.17) is 4.42 Å². The van der Waals surface area contributed by atoms with Gasteiger partial charge in [-0.05, 0) is 62.1 Å². The standard InChI is InChI=1S/C24H28FN3O4/c25-16-11-13-18(14-12-16)27-23(30)24(31)28(19-8-3-4-9-19)21(20-10-5-15-32-20)22(29)26-17-6-1-2-7-17/h5,10-15,17,19,21H,1-4,6-9H2,(H,26,29)(H,27,30)/t21-/m0/s1. The van der Waals surface area contributed by atoms with Crippen LogP contribution in [0.25, 0.3) is 0 Å². The smallest absolute Gasteiger partial charge is 0.313 e. The molecule has 0 saturated heterocycles. The van der Waals surface area contributed by atoms with Crippen molar-refractivity contribution in [1.29, 1.82) is 0 Å². The molecule has 0 unspecified atom stereocenters. The van der Waals surface area contributed by atoms with Crippen molar-refractivity contribution in [3.05, 3.63) is 54.2 Å². The maximum atomic E-state index is 13.4. The number of benzene rings is 1. The Kier molecular flexibility index (Phi) is 6.87. The summed E-state index contributed by atoms with van der Waals surface area (Å²) in [6.45, 7) is 0. The third-order valence-electron chi connectivity index (χ3n) is 6.29. The van der Waals surface area contributed by atoms with Gasteiger partial charge < -0.3 is 20.0 Å². The average molecular weight is 442 g/mol. The fraction of sp³-hybridized carbons (Fsp3) is 0.458. The van der Waals surface area contributed by atoms with Crippen LogP contribution >= 0.6 is 0 Å². The first kappa shape index (κ1) is 22.0. The number of carbonyl (C=O) groups is 3. The van der Waals surface area contributed by atoms with E-state index in [1.165, 1.54) is 35.4 Å². The predicted molar refractivity (Wildman–Crippen MR) is 116 cm³/mol. The molecule has 3 amide bonds. The van der Waals surface area contributed by atoms with Crippen LogP contribution in [0.2, 0.25) is 0 Å². The fourth-order valence-corrected chi connectivity index (χ4v) is 4.70. The van der Waals surface area contributed by atoms with E-state index >= 15 is 0 Å². The van der Waals surface area contributed by atoms with E-state index in [1.54, 1.807) is 12.1 Å². The van der Waals surface area contributed by atoms with Gasteiger partial charge in [0.1, 0.15) is 11.6 Å². The number of nitrogens with one attached hydrogen (secondary N) is 2. The zero-order valence-corrected chi connectivity index (χ0v) is 17.9. The predicted octanol–water partition coefficient (Wildman–Crippen LogP) is 3.93. The minimum Gasteiger partial charge on any atom is -0.467 e. The number of furan rings is 1. The van der Waals surface area contributed by atoms with E-state index < -0.39 is 23.7 Å². The van der Waals surface area contributed by atoms with E-state index in [9.17, 15) is 18.8 Å². The van der Waals surface area contributed by atoms with Crippen LogP contribution in [0.3, 0.4) is 0 Å². The number of hydrogen-bond acceptors (Lipinski definition) is 4. The molecule has 1 aromatic carbocycles. The number of anilines is 1. The second kappa shape index (κ2) is 9.97. The zero-order chi connectivity index (χ0) is 22.5. The summed E-state index contributed by atoms with van der Waals surface area (Å²) in [5, 5.41) is 5.58. The Bertz CT molecular complexity index is 933. The highest BCUT2D eigenvalue weighted by molar-refractivity contribution is 6.40. The number of halogens is 1. The molecular weight excluding hydrogens is 413 g/mol. The average Bonchev–Trinajstić information content (AvgIpc) is 3.56. The molecule has 4 rings (SSSR count). The third-order valence-corrected chi connectivity index (χ3v) is 6.29. The molecule has 1 aromatic heterocycles. The molecule has 2 aromatic rings. The molecule has 0 aliphatic heterocycles.